The van der Waals surface area contributed by atoms with Gasteiger partial charge < -0.3 is 15.5 Å². The van der Waals surface area contributed by atoms with E-state index in [4.69, 9.17) is 10.2 Å². The molecule has 0 aromatic heterocycles. The summed E-state index contributed by atoms with van der Waals surface area (Å²) in [6.07, 6.45) is -0.366. The fraction of sp³-hybridized carbons (Fsp3) is 0.600. The van der Waals surface area contributed by atoms with Gasteiger partial charge in [0.05, 0.1) is 6.42 Å². The zero-order chi connectivity index (χ0) is 14.1. The average Bonchev–Trinajstić information content (AvgIpc) is 2.30. The molecule has 0 aliphatic carbocycles. The molecule has 0 aliphatic rings. The standard InChI is InChI=1S/C10H15NO6S/c1-2-9(15)18-5-6(10(16)17)11-7(12)3-4-8(13)14/h6H,2-5H2,1H3,(H,11,12)(H,13,14)(H,16,17). The van der Waals surface area contributed by atoms with Crippen LogP contribution in [-0.2, 0) is 19.2 Å². The lowest BCUT2D eigenvalue weighted by molar-refractivity contribution is -0.141. The van der Waals surface area contributed by atoms with Gasteiger partial charge in [0.2, 0.25) is 5.91 Å². The summed E-state index contributed by atoms with van der Waals surface area (Å²) in [4.78, 5) is 43.3. The van der Waals surface area contributed by atoms with Crippen LogP contribution in [0.5, 0.6) is 0 Å². The van der Waals surface area contributed by atoms with Gasteiger partial charge in [0.15, 0.2) is 5.12 Å². The van der Waals surface area contributed by atoms with Crippen LogP contribution < -0.4 is 5.32 Å². The Morgan fingerprint density at radius 2 is 1.78 bits per heavy atom. The van der Waals surface area contributed by atoms with E-state index in [0.717, 1.165) is 11.8 Å². The molecule has 0 saturated carbocycles. The highest BCUT2D eigenvalue weighted by Crippen LogP contribution is 2.07. The Kier molecular flexibility index (Phi) is 7.77. The predicted octanol–water partition coefficient (Wildman–Crippen LogP) is 0.0904. The molecule has 0 spiro atoms. The highest BCUT2D eigenvalue weighted by atomic mass is 32.2. The first-order chi connectivity index (χ1) is 8.36. The van der Waals surface area contributed by atoms with Gasteiger partial charge in [-0.2, -0.15) is 0 Å². The summed E-state index contributed by atoms with van der Waals surface area (Å²) in [5.41, 5.74) is 0. The third kappa shape index (κ3) is 7.66. The van der Waals surface area contributed by atoms with Gasteiger partial charge >= 0.3 is 11.9 Å². The number of carboxylic acids is 2. The second-order valence-corrected chi connectivity index (χ2v) is 4.47. The minimum atomic E-state index is -1.25. The van der Waals surface area contributed by atoms with Crippen LogP contribution >= 0.6 is 11.8 Å². The number of rotatable bonds is 8. The fourth-order valence-electron chi connectivity index (χ4n) is 0.940. The smallest absolute Gasteiger partial charge is 0.327 e. The Balaban J connectivity index is 4.18. The van der Waals surface area contributed by atoms with Gasteiger partial charge in [-0.05, 0) is 0 Å². The topological polar surface area (TPSA) is 121 Å². The van der Waals surface area contributed by atoms with Crippen LogP contribution in [0, 0.1) is 0 Å². The van der Waals surface area contributed by atoms with Crippen LogP contribution in [0.25, 0.3) is 0 Å². The van der Waals surface area contributed by atoms with Crippen molar-refractivity contribution in [1.29, 1.82) is 0 Å². The lowest BCUT2D eigenvalue weighted by atomic mass is 10.2. The van der Waals surface area contributed by atoms with Gasteiger partial charge in [-0.1, -0.05) is 18.7 Å². The van der Waals surface area contributed by atoms with Crippen LogP contribution in [-0.4, -0.2) is 45.0 Å². The molecule has 0 aromatic rings. The molecule has 3 N–H and O–H groups in total. The molecule has 0 rings (SSSR count). The Hall–Kier alpha value is -1.57. The van der Waals surface area contributed by atoms with E-state index in [9.17, 15) is 19.2 Å². The highest BCUT2D eigenvalue weighted by molar-refractivity contribution is 8.13. The van der Waals surface area contributed by atoms with Crippen molar-refractivity contribution in [3.63, 3.8) is 0 Å². The van der Waals surface area contributed by atoms with Crippen molar-refractivity contribution in [2.75, 3.05) is 5.75 Å². The minimum Gasteiger partial charge on any atom is -0.481 e. The second kappa shape index (κ2) is 8.51. The van der Waals surface area contributed by atoms with E-state index in [-0.39, 0.29) is 30.1 Å². The number of thioether (sulfide) groups is 1. The molecule has 0 bridgehead atoms. The van der Waals surface area contributed by atoms with E-state index in [2.05, 4.69) is 5.32 Å². The summed E-state index contributed by atoms with van der Waals surface area (Å²) >= 11 is 0.828. The van der Waals surface area contributed by atoms with Gasteiger partial charge in [0, 0.05) is 18.6 Å². The normalized spacial score (nSPS) is 11.6. The minimum absolute atomic E-state index is 0.0686. The molecule has 18 heavy (non-hydrogen) atoms. The Morgan fingerprint density at radius 3 is 2.22 bits per heavy atom. The predicted molar refractivity (Wildman–Crippen MR) is 64.2 cm³/mol. The highest BCUT2D eigenvalue weighted by Gasteiger charge is 2.21. The van der Waals surface area contributed by atoms with E-state index in [1.165, 1.54) is 0 Å². The molecular weight excluding hydrogens is 262 g/mol. The number of hydrogen-bond acceptors (Lipinski definition) is 5. The first-order valence-electron chi connectivity index (χ1n) is 5.26. The number of hydrogen-bond donors (Lipinski definition) is 3. The number of carbonyl (C=O) groups excluding carboxylic acids is 2. The van der Waals surface area contributed by atoms with Crippen molar-refractivity contribution in [2.24, 2.45) is 0 Å². The Bertz CT molecular complexity index is 343. The molecule has 1 amide bonds. The maximum absolute atomic E-state index is 11.2. The van der Waals surface area contributed by atoms with Gasteiger partial charge in [-0.25, -0.2) is 4.79 Å². The number of carboxylic acid groups (broad SMARTS) is 2. The summed E-state index contributed by atoms with van der Waals surface area (Å²) in [5, 5.41) is 19.2. The van der Waals surface area contributed by atoms with Crippen molar-refractivity contribution < 1.29 is 29.4 Å². The Labute approximate surface area is 108 Å². The third-order valence-corrected chi connectivity index (χ3v) is 3.01. The zero-order valence-corrected chi connectivity index (χ0v) is 10.7. The SMILES string of the molecule is CCC(=O)SCC(NC(=O)CCC(=O)O)C(=O)O. The van der Waals surface area contributed by atoms with Crippen molar-refractivity contribution in [3.8, 4) is 0 Å². The molecule has 0 heterocycles. The van der Waals surface area contributed by atoms with Crippen molar-refractivity contribution in [2.45, 2.75) is 32.2 Å². The zero-order valence-electron chi connectivity index (χ0n) is 9.84. The van der Waals surface area contributed by atoms with Gasteiger partial charge in [0.25, 0.3) is 0 Å². The first kappa shape index (κ1) is 16.4. The van der Waals surface area contributed by atoms with E-state index in [0.29, 0.717) is 0 Å². The van der Waals surface area contributed by atoms with Crippen LogP contribution in [0.1, 0.15) is 26.2 Å². The maximum Gasteiger partial charge on any atom is 0.327 e. The fourth-order valence-corrected chi connectivity index (χ4v) is 1.72. The van der Waals surface area contributed by atoms with E-state index < -0.39 is 23.9 Å². The van der Waals surface area contributed by atoms with Crippen molar-refractivity contribution >= 4 is 34.7 Å². The summed E-state index contributed by atoms with van der Waals surface area (Å²) in [6.45, 7) is 1.65. The molecule has 0 saturated heterocycles. The van der Waals surface area contributed by atoms with Crippen molar-refractivity contribution in [1.82, 2.24) is 5.32 Å². The van der Waals surface area contributed by atoms with E-state index >= 15 is 0 Å². The van der Waals surface area contributed by atoms with Crippen LogP contribution in [0.3, 0.4) is 0 Å². The molecule has 1 unspecified atom stereocenters. The number of nitrogens with one attached hydrogen (secondary N) is 1. The van der Waals surface area contributed by atoms with E-state index in [1.54, 1.807) is 6.92 Å². The Morgan fingerprint density at radius 1 is 1.17 bits per heavy atom. The lowest BCUT2D eigenvalue weighted by Crippen LogP contribution is -2.42. The van der Waals surface area contributed by atoms with Crippen LogP contribution in [0.2, 0.25) is 0 Å². The molecule has 8 heteroatoms. The molecule has 1 atom stereocenters. The first-order valence-corrected chi connectivity index (χ1v) is 6.25. The number of carbonyl (C=O) groups is 4. The lowest BCUT2D eigenvalue weighted by Gasteiger charge is -2.13. The molecule has 0 radical (unpaired) electrons. The number of amides is 1. The molecule has 102 valence electrons. The summed E-state index contributed by atoms with van der Waals surface area (Å²) < 4.78 is 0. The average molecular weight is 277 g/mol. The molecule has 7 nitrogen and oxygen atoms in total. The second-order valence-electron chi connectivity index (χ2n) is 3.39. The largest absolute Gasteiger partial charge is 0.481 e. The summed E-state index contributed by atoms with van der Waals surface area (Å²) in [7, 11) is 0. The van der Waals surface area contributed by atoms with Gasteiger partial charge in [-0.3, -0.25) is 14.4 Å². The van der Waals surface area contributed by atoms with Crippen LogP contribution in [0.4, 0.5) is 0 Å². The summed E-state index contributed by atoms with van der Waals surface area (Å²) in [6, 6.07) is -1.19. The third-order valence-electron chi connectivity index (χ3n) is 1.90. The monoisotopic (exact) mass is 277 g/mol. The van der Waals surface area contributed by atoms with E-state index in [1.807, 2.05) is 0 Å². The maximum atomic E-state index is 11.2. The van der Waals surface area contributed by atoms with Crippen LogP contribution in [0.15, 0.2) is 0 Å². The molecule has 0 aromatic carbocycles. The molecule has 0 fully saturated rings. The van der Waals surface area contributed by atoms with Crippen molar-refractivity contribution in [3.05, 3.63) is 0 Å². The van der Waals surface area contributed by atoms with Gasteiger partial charge in [-0.15, -0.1) is 0 Å². The molecular formula is C10H15NO6S. The number of aliphatic carboxylic acids is 2. The molecule has 0 aliphatic heterocycles. The summed E-state index contributed by atoms with van der Waals surface area (Å²) in [5.74, 6) is -3.11. The van der Waals surface area contributed by atoms with Gasteiger partial charge in [0.1, 0.15) is 6.04 Å². The quantitative estimate of drug-likeness (QED) is 0.575.